The number of benzene rings is 2. The average molecular weight is 436 g/mol. The van der Waals surface area contributed by atoms with Crippen molar-refractivity contribution < 1.29 is 18.0 Å². The van der Waals surface area contributed by atoms with E-state index in [9.17, 15) is 18.0 Å². The molecule has 0 bridgehead atoms. The number of hydrogen-bond acceptors (Lipinski definition) is 5. The molecule has 3 heterocycles. The van der Waals surface area contributed by atoms with Crippen LogP contribution in [0.25, 0.3) is 17.2 Å². The molecule has 0 unspecified atom stereocenters. The summed E-state index contributed by atoms with van der Waals surface area (Å²) in [6.07, 6.45) is 1.44. The van der Waals surface area contributed by atoms with Crippen molar-refractivity contribution in [3.05, 3.63) is 82.9 Å². The Kier molecular flexibility index (Phi) is 4.69. The molecule has 1 aliphatic heterocycles. The summed E-state index contributed by atoms with van der Waals surface area (Å²) in [5.41, 5.74) is 2.55. The van der Waals surface area contributed by atoms with E-state index in [0.29, 0.717) is 33.9 Å². The Labute approximate surface area is 179 Å². The molecule has 4 aromatic rings. The summed E-state index contributed by atoms with van der Waals surface area (Å²) in [5.74, 6) is -2.36. The molecule has 7 nitrogen and oxygen atoms in total. The molecule has 2 aromatic heterocycles. The zero-order valence-corrected chi connectivity index (χ0v) is 16.7. The third-order valence-electron chi connectivity index (χ3n) is 5.27. The van der Waals surface area contributed by atoms with Gasteiger partial charge in [-0.3, -0.25) is 4.79 Å². The molecule has 1 aliphatic rings. The Morgan fingerprint density at radius 3 is 2.47 bits per heavy atom. The number of aryl methyl sites for hydroxylation is 1. The maximum atomic E-state index is 13.8. The van der Waals surface area contributed by atoms with Crippen molar-refractivity contribution in [3.8, 4) is 17.2 Å². The quantitative estimate of drug-likeness (QED) is 0.526. The minimum Gasteiger partial charge on any atom is -0.310 e. The van der Waals surface area contributed by atoms with Crippen LogP contribution in [0.3, 0.4) is 0 Å². The zero-order chi connectivity index (χ0) is 22.4. The largest absolute Gasteiger partial charge is 0.310 e. The van der Waals surface area contributed by atoms with Gasteiger partial charge in [-0.05, 0) is 48.9 Å². The first-order chi connectivity index (χ1) is 15.4. The fraction of sp³-hybridized carbons (Fsp3) is 0.136. The number of hydrogen-bond donors (Lipinski definition) is 1. The third kappa shape index (κ3) is 3.49. The second kappa shape index (κ2) is 7.56. The lowest BCUT2D eigenvalue weighted by atomic mass is 9.85. The molecular weight excluding hydrogens is 421 g/mol. The smallest absolute Gasteiger partial charge is 0.272 e. The van der Waals surface area contributed by atoms with Gasteiger partial charge in [-0.25, -0.2) is 18.2 Å². The van der Waals surface area contributed by atoms with Crippen molar-refractivity contribution in [3.63, 3.8) is 0 Å². The van der Waals surface area contributed by atoms with E-state index in [1.54, 1.807) is 19.1 Å². The summed E-state index contributed by atoms with van der Waals surface area (Å²) in [6, 6.07) is 8.93. The van der Waals surface area contributed by atoms with Gasteiger partial charge < -0.3 is 5.32 Å². The number of carbonyl (C=O) groups excluding carboxylic acids is 1. The van der Waals surface area contributed by atoms with Gasteiger partial charge in [0.05, 0.1) is 17.6 Å². The van der Waals surface area contributed by atoms with Gasteiger partial charge >= 0.3 is 0 Å². The minimum atomic E-state index is -0.725. The van der Waals surface area contributed by atoms with Crippen molar-refractivity contribution >= 4 is 11.7 Å². The third-order valence-corrected chi connectivity index (χ3v) is 5.27. The summed E-state index contributed by atoms with van der Waals surface area (Å²) in [5, 5.41) is 15.2. The molecule has 2 aromatic carbocycles. The van der Waals surface area contributed by atoms with E-state index >= 15 is 0 Å². The van der Waals surface area contributed by atoms with Crippen LogP contribution in [0, 0.1) is 24.4 Å². The molecule has 0 spiro atoms. The van der Waals surface area contributed by atoms with Crippen LogP contribution < -0.4 is 5.32 Å². The maximum absolute atomic E-state index is 13.8. The second-order valence-corrected chi connectivity index (χ2v) is 7.42. The Bertz CT molecular complexity index is 1330. The molecule has 0 radical (unpaired) electrons. The van der Waals surface area contributed by atoms with Gasteiger partial charge in [0.25, 0.3) is 5.95 Å². The topological polar surface area (TPSA) is 85.6 Å². The van der Waals surface area contributed by atoms with Crippen LogP contribution in [0.1, 0.15) is 29.2 Å². The van der Waals surface area contributed by atoms with Gasteiger partial charge in [0.15, 0.2) is 0 Å². The van der Waals surface area contributed by atoms with Gasteiger partial charge in [-0.1, -0.05) is 0 Å². The molecule has 0 saturated carbocycles. The van der Waals surface area contributed by atoms with E-state index in [4.69, 9.17) is 0 Å². The summed E-state index contributed by atoms with van der Waals surface area (Å²) < 4.78 is 42.3. The van der Waals surface area contributed by atoms with Crippen LogP contribution in [0.15, 0.2) is 48.7 Å². The minimum absolute atomic E-state index is 0.0111. The molecule has 1 N–H and O–H groups in total. The highest BCUT2D eigenvalue weighted by molar-refractivity contribution is 5.95. The molecule has 0 aliphatic carbocycles. The van der Waals surface area contributed by atoms with E-state index < -0.39 is 17.6 Å². The Morgan fingerprint density at radius 2 is 1.75 bits per heavy atom. The van der Waals surface area contributed by atoms with Crippen LogP contribution in [0.2, 0.25) is 0 Å². The number of fused-ring (bicyclic) bond motifs is 1. The molecular formula is C22H15F3N6O. The van der Waals surface area contributed by atoms with Gasteiger partial charge in [0.2, 0.25) is 5.91 Å². The first-order valence-corrected chi connectivity index (χ1v) is 9.70. The number of anilines is 1. The molecule has 10 heteroatoms. The number of rotatable bonds is 3. The number of aromatic nitrogens is 5. The molecule has 1 amide bonds. The van der Waals surface area contributed by atoms with Crippen molar-refractivity contribution in [2.45, 2.75) is 19.3 Å². The highest BCUT2D eigenvalue weighted by Crippen LogP contribution is 2.40. The predicted octanol–water partition coefficient (Wildman–Crippen LogP) is 3.92. The average Bonchev–Trinajstić information content (AvgIpc) is 3.09. The Morgan fingerprint density at radius 1 is 1.03 bits per heavy atom. The highest BCUT2D eigenvalue weighted by Gasteiger charge is 2.33. The number of amides is 1. The van der Waals surface area contributed by atoms with E-state index in [1.807, 2.05) is 0 Å². The summed E-state index contributed by atoms with van der Waals surface area (Å²) in [4.78, 5) is 16.9. The van der Waals surface area contributed by atoms with Crippen LogP contribution in [-0.2, 0) is 4.79 Å². The normalized spacial score (nSPS) is 15.4. The molecule has 0 saturated heterocycles. The zero-order valence-electron chi connectivity index (χ0n) is 16.7. The molecule has 32 heavy (non-hydrogen) atoms. The predicted molar refractivity (Wildman–Crippen MR) is 109 cm³/mol. The summed E-state index contributed by atoms with van der Waals surface area (Å²) in [7, 11) is 0. The van der Waals surface area contributed by atoms with E-state index in [1.165, 1.54) is 35.1 Å². The lowest BCUT2D eigenvalue weighted by molar-refractivity contribution is -0.116. The van der Waals surface area contributed by atoms with E-state index in [0.717, 1.165) is 6.07 Å². The standard InChI is InChI=1S/C22H15F3N6O/c1-11-20-17(13-6-15(24)8-16(25)7-13)9-19(32)28-21(20)31(30-11)22-27-18(10-26-29-22)12-2-4-14(23)5-3-12/h2-8,10,17H,9H2,1H3,(H,28,32)/t17-/m1/s1. The van der Waals surface area contributed by atoms with Gasteiger partial charge in [0, 0.05) is 29.5 Å². The maximum Gasteiger partial charge on any atom is 0.272 e. The number of nitrogens with one attached hydrogen (secondary N) is 1. The van der Waals surface area contributed by atoms with E-state index in [-0.39, 0.29) is 24.1 Å². The molecule has 1 atom stereocenters. The van der Waals surface area contributed by atoms with Crippen molar-refractivity contribution in [2.24, 2.45) is 0 Å². The van der Waals surface area contributed by atoms with E-state index in [2.05, 4.69) is 25.6 Å². The van der Waals surface area contributed by atoms with Crippen molar-refractivity contribution in [1.82, 2.24) is 25.0 Å². The highest BCUT2D eigenvalue weighted by atomic mass is 19.1. The lowest BCUT2D eigenvalue weighted by Gasteiger charge is -2.24. The first kappa shape index (κ1) is 19.9. The van der Waals surface area contributed by atoms with Gasteiger partial charge in [0.1, 0.15) is 23.3 Å². The van der Waals surface area contributed by atoms with Crippen LogP contribution in [0.5, 0.6) is 0 Å². The Hall–Kier alpha value is -4.08. The SMILES string of the molecule is Cc1nn(-c2nncc(-c3ccc(F)cc3)n2)c2c1[C@@H](c1cc(F)cc(F)c1)CC(=O)N2. The monoisotopic (exact) mass is 436 g/mol. The summed E-state index contributed by atoms with van der Waals surface area (Å²) >= 11 is 0. The number of nitrogens with zero attached hydrogens (tertiary/aromatic N) is 5. The lowest BCUT2D eigenvalue weighted by Crippen LogP contribution is -2.25. The molecule has 0 fully saturated rings. The van der Waals surface area contributed by atoms with Crippen molar-refractivity contribution in [2.75, 3.05) is 5.32 Å². The van der Waals surface area contributed by atoms with Crippen LogP contribution in [-0.4, -0.2) is 30.9 Å². The number of halogens is 3. The Balaban J connectivity index is 1.62. The van der Waals surface area contributed by atoms with Gasteiger partial charge in [-0.2, -0.15) is 14.9 Å². The fourth-order valence-electron chi connectivity index (χ4n) is 3.90. The second-order valence-electron chi connectivity index (χ2n) is 7.42. The van der Waals surface area contributed by atoms with Crippen LogP contribution in [0.4, 0.5) is 19.0 Å². The first-order valence-electron chi connectivity index (χ1n) is 9.70. The van der Waals surface area contributed by atoms with Gasteiger partial charge in [-0.15, -0.1) is 5.10 Å². The fourth-order valence-corrected chi connectivity index (χ4v) is 3.90. The number of carbonyl (C=O) groups is 1. The molecule has 5 rings (SSSR count). The van der Waals surface area contributed by atoms with Crippen molar-refractivity contribution in [1.29, 1.82) is 0 Å². The summed E-state index contributed by atoms with van der Waals surface area (Å²) in [6.45, 7) is 1.73. The molecule has 160 valence electrons. The van der Waals surface area contributed by atoms with Crippen LogP contribution >= 0.6 is 0 Å².